The fraction of sp³-hybridized carbons (Fsp3) is 0.417. The van der Waals surface area contributed by atoms with Gasteiger partial charge in [0.25, 0.3) is 0 Å². The third kappa shape index (κ3) is 3.82. The van der Waals surface area contributed by atoms with Gasteiger partial charge in [-0.15, -0.1) is 11.8 Å². The molecule has 0 saturated heterocycles. The third-order valence-electron chi connectivity index (χ3n) is 2.03. The van der Waals surface area contributed by atoms with E-state index in [4.69, 9.17) is 22.1 Å². The Bertz CT molecular complexity index is 421. The van der Waals surface area contributed by atoms with E-state index < -0.39 is 5.97 Å². The van der Waals surface area contributed by atoms with Crippen LogP contribution in [0.4, 0.5) is 5.69 Å². The molecule has 3 nitrogen and oxygen atoms in total. The Kier molecular flexibility index (Phi) is 5.15. The van der Waals surface area contributed by atoms with Gasteiger partial charge in [-0.1, -0.05) is 25.4 Å². The molecule has 2 N–H and O–H groups in total. The van der Waals surface area contributed by atoms with Gasteiger partial charge in [-0.3, -0.25) is 0 Å². The Labute approximate surface area is 111 Å². The average molecular weight is 274 g/mol. The maximum Gasteiger partial charge on any atom is 0.339 e. The first kappa shape index (κ1) is 14.2. The van der Waals surface area contributed by atoms with Gasteiger partial charge in [-0.2, -0.15) is 0 Å². The van der Waals surface area contributed by atoms with Gasteiger partial charge in [0.2, 0.25) is 0 Å². The summed E-state index contributed by atoms with van der Waals surface area (Å²) in [5.41, 5.74) is 6.57. The van der Waals surface area contributed by atoms with E-state index in [-0.39, 0.29) is 0 Å². The van der Waals surface area contributed by atoms with Crippen LogP contribution in [0.15, 0.2) is 17.0 Å². The second-order valence-electron chi connectivity index (χ2n) is 4.08. The highest BCUT2D eigenvalue weighted by molar-refractivity contribution is 7.99. The minimum absolute atomic E-state index is 0.412. The van der Waals surface area contributed by atoms with Gasteiger partial charge in [0.05, 0.1) is 17.7 Å². The van der Waals surface area contributed by atoms with Gasteiger partial charge in [-0.25, -0.2) is 4.79 Å². The van der Waals surface area contributed by atoms with Crippen molar-refractivity contribution >= 4 is 35.0 Å². The standard InChI is InChI=1S/C12H16ClNO2S/c1-7(2)6-17-11-9(12(15)16-3)4-8(14)5-10(11)13/h4-5,7H,6,14H2,1-3H3. The van der Waals surface area contributed by atoms with Crippen molar-refractivity contribution in [2.75, 3.05) is 18.6 Å². The number of hydrogen-bond acceptors (Lipinski definition) is 4. The molecule has 0 aliphatic carbocycles. The van der Waals surface area contributed by atoms with Gasteiger partial charge in [-0.05, 0) is 18.1 Å². The number of ether oxygens (including phenoxy) is 1. The maximum atomic E-state index is 11.6. The van der Waals surface area contributed by atoms with Crippen molar-refractivity contribution in [2.45, 2.75) is 18.7 Å². The Morgan fingerprint density at radius 3 is 2.71 bits per heavy atom. The van der Waals surface area contributed by atoms with Crippen LogP contribution in [0.2, 0.25) is 5.02 Å². The monoisotopic (exact) mass is 273 g/mol. The number of methoxy groups -OCH3 is 1. The lowest BCUT2D eigenvalue weighted by Gasteiger charge is -2.12. The SMILES string of the molecule is COC(=O)c1cc(N)cc(Cl)c1SCC(C)C. The van der Waals surface area contributed by atoms with E-state index in [9.17, 15) is 4.79 Å². The molecule has 0 fully saturated rings. The summed E-state index contributed by atoms with van der Waals surface area (Å²) in [6.45, 7) is 4.21. The average Bonchev–Trinajstić information content (AvgIpc) is 2.25. The number of rotatable bonds is 4. The Morgan fingerprint density at radius 1 is 1.53 bits per heavy atom. The summed E-state index contributed by atoms with van der Waals surface area (Å²) >= 11 is 7.66. The molecule has 0 aromatic heterocycles. The van der Waals surface area contributed by atoms with Crippen LogP contribution in [0.25, 0.3) is 0 Å². The van der Waals surface area contributed by atoms with E-state index in [1.807, 2.05) is 0 Å². The number of nitrogen functional groups attached to an aromatic ring is 1. The van der Waals surface area contributed by atoms with Crippen molar-refractivity contribution in [1.82, 2.24) is 0 Å². The molecule has 0 saturated carbocycles. The van der Waals surface area contributed by atoms with Gasteiger partial charge in [0, 0.05) is 16.3 Å². The summed E-state index contributed by atoms with van der Waals surface area (Å²) in [7, 11) is 1.34. The number of halogens is 1. The fourth-order valence-corrected chi connectivity index (χ4v) is 2.66. The van der Waals surface area contributed by atoms with Crippen molar-refractivity contribution in [3.63, 3.8) is 0 Å². The van der Waals surface area contributed by atoms with E-state index in [2.05, 4.69) is 13.8 Å². The Morgan fingerprint density at radius 2 is 2.18 bits per heavy atom. The second-order valence-corrected chi connectivity index (χ2v) is 5.51. The number of hydrogen-bond donors (Lipinski definition) is 1. The first-order valence-electron chi connectivity index (χ1n) is 5.25. The number of benzene rings is 1. The van der Waals surface area contributed by atoms with Gasteiger partial charge >= 0.3 is 5.97 Å². The van der Waals surface area contributed by atoms with Crippen molar-refractivity contribution in [1.29, 1.82) is 0 Å². The van der Waals surface area contributed by atoms with Crippen molar-refractivity contribution < 1.29 is 9.53 Å². The van der Waals surface area contributed by atoms with E-state index >= 15 is 0 Å². The molecule has 0 amide bonds. The van der Waals surface area contributed by atoms with E-state index in [1.165, 1.54) is 7.11 Å². The molecule has 0 bridgehead atoms. The van der Waals surface area contributed by atoms with Gasteiger partial charge < -0.3 is 10.5 Å². The third-order valence-corrected chi connectivity index (χ3v) is 4.00. The summed E-state index contributed by atoms with van der Waals surface area (Å²) in [5, 5.41) is 0.496. The van der Waals surface area contributed by atoms with Crippen LogP contribution in [0.1, 0.15) is 24.2 Å². The van der Waals surface area contributed by atoms with Crippen LogP contribution in [0.5, 0.6) is 0 Å². The number of esters is 1. The summed E-state index contributed by atoms with van der Waals surface area (Å²) in [6.07, 6.45) is 0. The molecule has 0 aliphatic rings. The zero-order chi connectivity index (χ0) is 13.0. The highest BCUT2D eigenvalue weighted by Crippen LogP contribution is 2.34. The molecule has 0 atom stereocenters. The van der Waals surface area contributed by atoms with Crippen LogP contribution in [-0.2, 0) is 4.74 Å². The molecule has 0 unspecified atom stereocenters. The van der Waals surface area contributed by atoms with Crippen LogP contribution >= 0.6 is 23.4 Å². The normalized spacial score (nSPS) is 10.6. The van der Waals surface area contributed by atoms with Crippen LogP contribution in [0.3, 0.4) is 0 Å². The Hall–Kier alpha value is -0.870. The molecule has 5 heteroatoms. The predicted octanol–water partition coefficient (Wildman–Crippen LogP) is 3.46. The molecular formula is C12H16ClNO2S. The summed E-state index contributed by atoms with van der Waals surface area (Å²) in [6, 6.07) is 3.25. The summed E-state index contributed by atoms with van der Waals surface area (Å²) < 4.78 is 4.73. The lowest BCUT2D eigenvalue weighted by Crippen LogP contribution is -2.05. The first-order valence-corrected chi connectivity index (χ1v) is 6.62. The number of carbonyl (C=O) groups excluding carboxylic acids is 1. The van der Waals surface area contributed by atoms with E-state index in [0.717, 1.165) is 10.6 Å². The second kappa shape index (κ2) is 6.17. The lowest BCUT2D eigenvalue weighted by molar-refractivity contribution is 0.0597. The predicted molar refractivity (Wildman–Crippen MR) is 72.8 cm³/mol. The molecule has 0 heterocycles. The molecule has 0 aliphatic heterocycles. The Balaban J connectivity index is 3.11. The van der Waals surface area contributed by atoms with Crippen LogP contribution < -0.4 is 5.73 Å². The number of carbonyl (C=O) groups is 1. The molecule has 0 spiro atoms. The van der Waals surface area contributed by atoms with Crippen molar-refractivity contribution in [3.05, 3.63) is 22.7 Å². The summed E-state index contributed by atoms with van der Waals surface area (Å²) in [4.78, 5) is 12.4. The highest BCUT2D eigenvalue weighted by atomic mass is 35.5. The van der Waals surface area contributed by atoms with Crippen LogP contribution in [0, 0.1) is 5.92 Å². The molecule has 17 heavy (non-hydrogen) atoms. The fourth-order valence-electron chi connectivity index (χ4n) is 1.27. The molecule has 1 rings (SSSR count). The maximum absolute atomic E-state index is 11.6. The number of anilines is 1. The largest absolute Gasteiger partial charge is 0.465 e. The molecular weight excluding hydrogens is 258 g/mol. The quantitative estimate of drug-likeness (QED) is 0.519. The zero-order valence-electron chi connectivity index (χ0n) is 10.1. The smallest absolute Gasteiger partial charge is 0.339 e. The molecule has 94 valence electrons. The molecule has 1 aromatic carbocycles. The first-order chi connectivity index (χ1) is 7.95. The topological polar surface area (TPSA) is 52.3 Å². The lowest BCUT2D eigenvalue weighted by atomic mass is 10.2. The minimum Gasteiger partial charge on any atom is -0.465 e. The minimum atomic E-state index is -0.412. The molecule has 0 radical (unpaired) electrons. The number of nitrogens with two attached hydrogens (primary N) is 1. The van der Waals surface area contributed by atoms with E-state index in [1.54, 1.807) is 23.9 Å². The summed E-state index contributed by atoms with van der Waals surface area (Å²) in [5.74, 6) is 0.984. The van der Waals surface area contributed by atoms with Crippen molar-refractivity contribution in [3.8, 4) is 0 Å². The van der Waals surface area contributed by atoms with Crippen molar-refractivity contribution in [2.24, 2.45) is 5.92 Å². The van der Waals surface area contributed by atoms with Crippen LogP contribution in [-0.4, -0.2) is 18.8 Å². The zero-order valence-corrected chi connectivity index (χ0v) is 11.7. The highest BCUT2D eigenvalue weighted by Gasteiger charge is 2.16. The van der Waals surface area contributed by atoms with Gasteiger partial charge in [0.1, 0.15) is 0 Å². The van der Waals surface area contributed by atoms with E-state index in [0.29, 0.717) is 22.2 Å². The van der Waals surface area contributed by atoms with Gasteiger partial charge in [0.15, 0.2) is 0 Å². The number of thioether (sulfide) groups is 1. The molecule has 1 aromatic rings.